The number of phenolic OH excluding ortho intramolecular Hbond substituents is 1. The Morgan fingerprint density at radius 2 is 1.57 bits per heavy atom. The lowest BCUT2D eigenvalue weighted by Crippen LogP contribution is -2.60. The summed E-state index contributed by atoms with van der Waals surface area (Å²) in [5.41, 5.74) is -1.32. The monoisotopic (exact) mass is 777 g/mol. The maximum atomic E-state index is 14.6. The summed E-state index contributed by atoms with van der Waals surface area (Å²) < 4.78 is 14.0. The fraction of sp³-hybridized carbons (Fsp3) is 0.297. The molecule has 3 aromatic carbocycles. The summed E-state index contributed by atoms with van der Waals surface area (Å²) in [6.07, 6.45) is 2.86. The summed E-state index contributed by atoms with van der Waals surface area (Å²) in [6.45, 7) is 3.73. The number of anilines is 3. The van der Waals surface area contributed by atoms with E-state index in [1.807, 2.05) is 0 Å². The van der Waals surface area contributed by atoms with Gasteiger partial charge < -0.3 is 10.0 Å². The number of rotatable bonds is 8. The van der Waals surface area contributed by atoms with Crippen LogP contribution in [0.5, 0.6) is 5.75 Å². The van der Waals surface area contributed by atoms with Crippen molar-refractivity contribution in [3.63, 3.8) is 0 Å². The number of benzene rings is 3. The van der Waals surface area contributed by atoms with Gasteiger partial charge in [0, 0.05) is 37.7 Å². The summed E-state index contributed by atoms with van der Waals surface area (Å²) in [5.74, 6) is -9.23. The second-order valence-corrected chi connectivity index (χ2v) is 15.1. The van der Waals surface area contributed by atoms with Gasteiger partial charge in [-0.15, -0.1) is 29.8 Å². The van der Waals surface area contributed by atoms with Gasteiger partial charge in [-0.3, -0.25) is 39.4 Å². The third-order valence-corrected chi connectivity index (χ3v) is 12.3. The molecule has 6 atom stereocenters. The van der Waals surface area contributed by atoms with Crippen LogP contribution in [0.2, 0.25) is 0 Å². The number of nitro groups is 2. The van der Waals surface area contributed by atoms with Crippen molar-refractivity contribution < 1.29 is 38.5 Å². The zero-order valence-electron chi connectivity index (χ0n) is 28.6. The van der Waals surface area contributed by atoms with Crippen molar-refractivity contribution in [3.8, 4) is 5.75 Å². The molecule has 2 saturated heterocycles. The summed E-state index contributed by atoms with van der Waals surface area (Å²) in [4.78, 5) is 78.4. The van der Waals surface area contributed by atoms with E-state index in [1.165, 1.54) is 37.2 Å². The number of hydrogen-bond donors (Lipinski definition) is 1. The minimum atomic E-state index is -2.31. The Bertz CT molecular complexity index is 2230. The highest BCUT2D eigenvalue weighted by molar-refractivity contribution is 6.58. The van der Waals surface area contributed by atoms with Crippen molar-refractivity contribution in [2.75, 3.05) is 28.8 Å². The molecule has 3 fully saturated rings. The topological polar surface area (TPSA) is 185 Å². The molecular weight excluding hydrogens is 748 g/mol. The lowest BCUT2D eigenvalue weighted by molar-refractivity contribution is -0.392. The first-order valence-corrected chi connectivity index (χ1v) is 17.4. The van der Waals surface area contributed by atoms with Gasteiger partial charge in [0.25, 0.3) is 11.8 Å². The second kappa shape index (κ2) is 12.7. The molecule has 2 aliphatic heterocycles. The zero-order valence-corrected chi connectivity index (χ0v) is 30.1. The van der Waals surface area contributed by atoms with Crippen LogP contribution in [0.25, 0.3) is 0 Å². The molecule has 3 aromatic rings. The lowest BCUT2D eigenvalue weighted by atomic mass is 9.56. The molecule has 278 valence electrons. The molecule has 54 heavy (non-hydrogen) atoms. The van der Waals surface area contributed by atoms with Gasteiger partial charge in [0.2, 0.25) is 11.8 Å². The number of alkyl halides is 2. The summed E-state index contributed by atoms with van der Waals surface area (Å²) in [5, 5.41) is 35.9. The number of imide groups is 2. The molecule has 6 unspecified atom stereocenters. The van der Waals surface area contributed by atoms with Crippen LogP contribution in [0, 0.1) is 43.8 Å². The molecule has 4 aliphatic rings. The number of hydrogen-bond acceptors (Lipinski definition) is 10. The second-order valence-electron chi connectivity index (χ2n) is 13.9. The fourth-order valence-electron chi connectivity index (χ4n) is 8.62. The van der Waals surface area contributed by atoms with Crippen LogP contribution in [-0.4, -0.2) is 62.4 Å². The Labute approximate surface area is 316 Å². The van der Waals surface area contributed by atoms with Crippen LogP contribution in [-0.2, 0) is 25.6 Å². The van der Waals surface area contributed by atoms with Gasteiger partial charge in [0.05, 0.1) is 33.1 Å². The van der Waals surface area contributed by atoms with E-state index in [1.54, 1.807) is 24.3 Å². The Hall–Kier alpha value is -5.67. The summed E-state index contributed by atoms with van der Waals surface area (Å²) in [7, 11) is 2.75. The van der Waals surface area contributed by atoms with Crippen LogP contribution in [0.15, 0.2) is 78.9 Å². The van der Waals surface area contributed by atoms with Gasteiger partial charge in [0.15, 0.2) is 15.4 Å². The molecule has 1 N–H and O–H groups in total. The van der Waals surface area contributed by atoms with Crippen molar-refractivity contribution in [1.82, 2.24) is 0 Å². The number of nitrogens with zero attached hydrogens (tertiary/aromatic N) is 5. The maximum Gasteiger partial charge on any atom is 0.301 e. The van der Waals surface area contributed by atoms with Crippen molar-refractivity contribution in [2.45, 2.75) is 34.9 Å². The number of amides is 4. The number of carbonyl (C=O) groups excluding carboxylic acids is 4. The Balaban J connectivity index is 1.41. The van der Waals surface area contributed by atoms with Crippen molar-refractivity contribution in [1.29, 1.82) is 0 Å². The number of halogens is 3. The molecule has 0 radical (unpaired) electrons. The van der Waals surface area contributed by atoms with E-state index in [4.69, 9.17) is 23.2 Å². The largest absolute Gasteiger partial charge is 0.507 e. The number of nitro benzene ring substituents is 2. The normalized spacial score (nSPS) is 27.3. The third-order valence-electron chi connectivity index (χ3n) is 10.9. The molecule has 2 heterocycles. The maximum absolute atomic E-state index is 14.6. The fourth-order valence-corrected chi connectivity index (χ4v) is 9.55. The van der Waals surface area contributed by atoms with Crippen molar-refractivity contribution in [3.05, 3.63) is 116 Å². The van der Waals surface area contributed by atoms with Gasteiger partial charge in [-0.25, -0.2) is 14.2 Å². The van der Waals surface area contributed by atoms with Gasteiger partial charge in [-0.1, -0.05) is 35.9 Å². The van der Waals surface area contributed by atoms with Gasteiger partial charge in [0.1, 0.15) is 11.6 Å². The molecule has 0 aromatic heterocycles. The van der Waals surface area contributed by atoms with Crippen LogP contribution in [0.3, 0.4) is 0 Å². The average molecular weight is 779 g/mol. The highest BCUT2D eigenvalue weighted by Gasteiger charge is 2.77. The van der Waals surface area contributed by atoms with E-state index < -0.39 is 96.2 Å². The highest BCUT2D eigenvalue weighted by Crippen LogP contribution is 2.66. The van der Waals surface area contributed by atoms with Crippen LogP contribution >= 0.6 is 23.2 Å². The molecule has 0 bridgehead atoms. The van der Waals surface area contributed by atoms with Crippen LogP contribution < -0.4 is 14.7 Å². The standard InChI is InChI=1S/C37H30Cl2FN5O9/c1-4-6-18-7-5-8-24(31(18)46)29-22-13-14-23-28(25(22)17-36(38)34(49)43(35(50)37(29,36)39)20-11-9-19(40)10-12-20)33(48)42(32(23)47)21-15-26(44(51)52)30(41(2)3)27(16-21)45(53)54/h4-5,7-13,15-16,23,25,28-29,46H,1,6,14,17H2,2-3H3. The predicted molar refractivity (Wildman–Crippen MR) is 195 cm³/mol. The van der Waals surface area contributed by atoms with Gasteiger partial charge in [-0.05, 0) is 55.0 Å². The molecule has 4 amide bonds. The number of carbonyl (C=O) groups is 4. The van der Waals surface area contributed by atoms with Gasteiger partial charge in [-0.2, -0.15) is 0 Å². The van der Waals surface area contributed by atoms with E-state index in [0.717, 1.165) is 29.2 Å². The first-order valence-electron chi connectivity index (χ1n) is 16.7. The quantitative estimate of drug-likeness (QED) is 0.0948. The minimum Gasteiger partial charge on any atom is -0.507 e. The molecular formula is C37H30Cl2FN5O9. The Kier molecular flexibility index (Phi) is 8.65. The average Bonchev–Trinajstić information content (AvgIpc) is 3.46. The third kappa shape index (κ3) is 4.98. The number of para-hydroxylation sites is 1. The van der Waals surface area contributed by atoms with Crippen molar-refractivity contribution >= 4 is 75.3 Å². The zero-order chi connectivity index (χ0) is 39.2. The summed E-state index contributed by atoms with van der Waals surface area (Å²) in [6, 6.07) is 11.1. The first-order chi connectivity index (χ1) is 25.5. The lowest BCUT2D eigenvalue weighted by Gasteiger charge is -2.50. The molecule has 14 nitrogen and oxygen atoms in total. The number of fused-ring (bicyclic) bond motifs is 4. The SMILES string of the molecule is C=CCc1cccc(C2C3=CCC4C(=O)N(c5cc([N+](=O)[O-])c(N(C)C)c([N+](=O)[O-])c5)C(=O)C4C3CC3(Cl)C(=O)N(c4ccc(F)cc4)C(=O)C23Cl)c1O. The van der Waals surface area contributed by atoms with Gasteiger partial charge >= 0.3 is 11.4 Å². The number of allylic oxidation sites excluding steroid dienone is 3. The minimum absolute atomic E-state index is 0.0262. The van der Waals surface area contributed by atoms with E-state index >= 15 is 0 Å². The smallest absolute Gasteiger partial charge is 0.301 e. The van der Waals surface area contributed by atoms with E-state index in [9.17, 15) is 48.9 Å². The number of phenols is 1. The molecule has 2 aliphatic carbocycles. The molecule has 1 saturated carbocycles. The van der Waals surface area contributed by atoms with E-state index in [0.29, 0.717) is 16.0 Å². The Morgan fingerprint density at radius 1 is 0.944 bits per heavy atom. The molecule has 17 heteroatoms. The van der Waals surface area contributed by atoms with E-state index in [2.05, 4.69) is 6.58 Å². The first kappa shape index (κ1) is 36.7. The van der Waals surface area contributed by atoms with Crippen LogP contribution in [0.1, 0.15) is 29.9 Å². The molecule has 0 spiro atoms. The van der Waals surface area contributed by atoms with Crippen molar-refractivity contribution in [2.24, 2.45) is 17.8 Å². The number of aromatic hydroxyl groups is 1. The predicted octanol–water partition coefficient (Wildman–Crippen LogP) is 5.91. The summed E-state index contributed by atoms with van der Waals surface area (Å²) >= 11 is 14.8. The Morgan fingerprint density at radius 3 is 2.15 bits per heavy atom. The highest BCUT2D eigenvalue weighted by atomic mass is 35.5. The van der Waals surface area contributed by atoms with E-state index in [-0.39, 0.29) is 35.5 Å². The van der Waals surface area contributed by atoms with Crippen LogP contribution in [0.4, 0.5) is 32.8 Å². The molecule has 7 rings (SSSR count).